The summed E-state index contributed by atoms with van der Waals surface area (Å²) in [5.41, 5.74) is 24.3. The summed E-state index contributed by atoms with van der Waals surface area (Å²) in [5, 5.41) is 13.3. The van der Waals surface area contributed by atoms with Crippen molar-refractivity contribution in [1.29, 1.82) is 0 Å². The molecule has 0 radical (unpaired) electrons. The fourth-order valence-electron chi connectivity index (χ4n) is 7.53. The number of nitrogens with two attached hydrogens (primary N) is 3. The highest BCUT2D eigenvalue weighted by atomic mass is 16.2. The fourth-order valence-corrected chi connectivity index (χ4v) is 7.53. The summed E-state index contributed by atoms with van der Waals surface area (Å²) in [6, 6.07) is 16.8. The second kappa shape index (κ2) is 23.1. The number of hydrogen-bond acceptors (Lipinski definition) is 9. The number of imidazole rings is 1. The Bertz CT molecular complexity index is 2640. The minimum Gasteiger partial charge on any atom is -0.368 e. The summed E-state index contributed by atoms with van der Waals surface area (Å²) < 4.78 is 0. The van der Waals surface area contributed by atoms with Gasteiger partial charge in [-0.25, -0.2) is 14.8 Å². The Morgan fingerprint density at radius 2 is 1.23 bits per heavy atom. The molecule has 5 atom stereocenters. The maximum atomic E-state index is 14.5. The molecule has 0 aliphatic heterocycles. The Balaban J connectivity index is 1.26. The zero-order valence-corrected chi connectivity index (χ0v) is 36.2. The summed E-state index contributed by atoms with van der Waals surface area (Å²) in [7, 11) is 0. The quantitative estimate of drug-likeness (QED) is 0.0264. The van der Waals surface area contributed by atoms with E-state index in [0.29, 0.717) is 41.8 Å². The van der Waals surface area contributed by atoms with Crippen LogP contribution in [0.25, 0.3) is 21.8 Å². The van der Waals surface area contributed by atoms with Gasteiger partial charge in [0.15, 0.2) is 0 Å². The maximum Gasteiger partial charge on any atom is 0.337 e. The van der Waals surface area contributed by atoms with Gasteiger partial charge in [0.25, 0.3) is 5.91 Å². The Labute approximate surface area is 380 Å². The first kappa shape index (κ1) is 47.5. The lowest BCUT2D eigenvalue weighted by Crippen LogP contribution is -2.61. The van der Waals surface area contributed by atoms with Crippen molar-refractivity contribution >= 4 is 57.4 Å². The number of unbranched alkanes of at least 4 members (excludes halogenated alkanes) is 1. The number of benzene rings is 3. The van der Waals surface area contributed by atoms with Gasteiger partial charge in [0.05, 0.1) is 18.1 Å². The predicted molar refractivity (Wildman–Crippen MR) is 248 cm³/mol. The predicted octanol–water partition coefficient (Wildman–Crippen LogP) is 1.08. The van der Waals surface area contributed by atoms with Crippen LogP contribution in [0.15, 0.2) is 104 Å². The number of carbonyl (C=O) groups excluding carboxylic acids is 6. The third kappa shape index (κ3) is 12.8. The number of terminal acetylenes is 1. The van der Waals surface area contributed by atoms with Crippen molar-refractivity contribution in [3.8, 4) is 12.3 Å². The van der Waals surface area contributed by atoms with E-state index in [1.807, 2.05) is 48.5 Å². The van der Waals surface area contributed by atoms with Crippen LogP contribution < -0.4 is 43.9 Å². The number of nitrogens with zero attached hydrogens (tertiary/aromatic N) is 2. The zero-order chi connectivity index (χ0) is 47.0. The average Bonchev–Trinajstić information content (AvgIpc) is 4.09. The SMILES string of the molecule is C#CCN(NC(=O)[C@@H](Cc1c[nH]c2ccccc12)NC(=O)[C@@H](N)Cc1c[nH]cn1)C(=O)N[C@@H](Cc1c[nH]c2ccccc12)C(=O)N[C@H](Cc1ccccc1)C(=O)N[C@@H](CCCCN)C(N)=O. The van der Waals surface area contributed by atoms with Crippen molar-refractivity contribution < 1.29 is 28.8 Å². The van der Waals surface area contributed by atoms with E-state index in [1.54, 1.807) is 48.9 Å². The number of para-hydroxylation sites is 2. The first-order chi connectivity index (χ1) is 31.9. The van der Waals surface area contributed by atoms with E-state index in [0.717, 1.165) is 26.8 Å². The van der Waals surface area contributed by atoms with Crippen molar-refractivity contribution in [1.82, 2.24) is 51.6 Å². The van der Waals surface area contributed by atoms with Gasteiger partial charge in [-0.15, -0.1) is 6.42 Å². The first-order valence-electron chi connectivity index (χ1n) is 21.5. The molecule has 7 amide bonds. The van der Waals surface area contributed by atoms with Crippen molar-refractivity contribution in [2.45, 2.75) is 75.2 Å². The topological polar surface area (TPSA) is 304 Å². The molecule has 0 fully saturated rings. The summed E-state index contributed by atoms with van der Waals surface area (Å²) in [6.45, 7) is -0.0642. The monoisotopic (exact) mass is 897 g/mol. The molecule has 14 N–H and O–H groups in total. The van der Waals surface area contributed by atoms with Crippen LogP contribution in [0.4, 0.5) is 4.79 Å². The van der Waals surface area contributed by atoms with E-state index in [9.17, 15) is 28.8 Å². The summed E-state index contributed by atoms with van der Waals surface area (Å²) in [4.78, 5) is 96.3. The third-order valence-corrected chi connectivity index (χ3v) is 11.0. The standard InChI is InChI=1S/C47H55N13O6/c1-2-20-60(59-46(65)41(23-31-26-53-37-17-9-7-15-34(31)37)56-43(62)35(49)24-32-27-51-28-54-32)47(66)58-40(22-30-25-52-36-16-8-6-14-33(30)36)45(64)57-39(21-29-12-4-3-5-13-29)44(63)55-38(42(50)61)18-10-11-19-48/h1,3-9,12-17,25-28,35,38-41,52-53H,10-11,18-24,48-49H2,(H2,50,61)(H,51,54)(H,55,63)(H,56,62)(H,57,64)(H,58,66)(H,59,65)/t35-,38-,39+,40-,41+/m0/s1. The number of rotatable bonds is 22. The number of primary amides is 1. The van der Waals surface area contributed by atoms with Gasteiger partial charge in [0.2, 0.25) is 23.6 Å². The number of fused-ring (bicyclic) bond motifs is 2. The molecule has 3 heterocycles. The molecule has 0 saturated carbocycles. The Morgan fingerprint density at radius 1 is 0.667 bits per heavy atom. The van der Waals surface area contributed by atoms with Crippen molar-refractivity contribution in [2.75, 3.05) is 13.1 Å². The zero-order valence-electron chi connectivity index (χ0n) is 36.2. The van der Waals surface area contributed by atoms with Gasteiger partial charge in [0, 0.05) is 66.1 Å². The lowest BCUT2D eigenvalue weighted by atomic mass is 10.0. The number of carbonyl (C=O) groups is 6. The van der Waals surface area contributed by atoms with E-state index in [4.69, 9.17) is 23.6 Å². The molecular weight excluding hydrogens is 843 g/mol. The van der Waals surface area contributed by atoms with Gasteiger partial charge in [-0.3, -0.25) is 29.4 Å². The lowest BCUT2D eigenvalue weighted by Gasteiger charge is -2.28. The summed E-state index contributed by atoms with van der Waals surface area (Å²) in [6.07, 6.45) is 13.6. The van der Waals surface area contributed by atoms with Gasteiger partial charge >= 0.3 is 6.03 Å². The van der Waals surface area contributed by atoms with Crippen LogP contribution >= 0.6 is 0 Å². The van der Waals surface area contributed by atoms with Crippen LogP contribution in [0.3, 0.4) is 0 Å². The normalized spacial score (nSPS) is 13.3. The van der Waals surface area contributed by atoms with Crippen LogP contribution in [0, 0.1) is 12.3 Å². The fraction of sp³-hybridized carbons (Fsp3) is 0.298. The molecule has 19 heteroatoms. The lowest BCUT2D eigenvalue weighted by molar-refractivity contribution is -0.132. The largest absolute Gasteiger partial charge is 0.368 e. The van der Waals surface area contributed by atoms with Crippen LogP contribution in [0.1, 0.15) is 41.6 Å². The number of nitrogens with one attached hydrogen (secondary N) is 8. The molecule has 0 saturated heterocycles. The molecule has 3 aromatic carbocycles. The van der Waals surface area contributed by atoms with Gasteiger partial charge in [-0.05, 0) is 54.6 Å². The van der Waals surface area contributed by atoms with Gasteiger partial charge in [0.1, 0.15) is 30.7 Å². The van der Waals surface area contributed by atoms with E-state index < -0.39 is 72.3 Å². The van der Waals surface area contributed by atoms with E-state index >= 15 is 0 Å². The van der Waals surface area contributed by atoms with Crippen molar-refractivity contribution in [3.05, 3.63) is 126 Å². The third-order valence-electron chi connectivity index (χ3n) is 11.0. The summed E-state index contributed by atoms with van der Waals surface area (Å²) in [5.74, 6) is -1.26. The van der Waals surface area contributed by atoms with Gasteiger partial charge < -0.3 is 53.4 Å². The molecule has 6 rings (SSSR count). The Morgan fingerprint density at radius 3 is 1.80 bits per heavy atom. The molecule has 0 spiro atoms. The van der Waals surface area contributed by atoms with Crippen LogP contribution in [-0.2, 0) is 49.7 Å². The Hall–Kier alpha value is -7.95. The number of aromatic nitrogens is 4. The van der Waals surface area contributed by atoms with Crippen LogP contribution in [0.2, 0.25) is 0 Å². The molecule has 0 bridgehead atoms. The van der Waals surface area contributed by atoms with Crippen molar-refractivity contribution in [2.24, 2.45) is 17.2 Å². The minimum absolute atomic E-state index is 0.0116. The molecule has 344 valence electrons. The molecule has 66 heavy (non-hydrogen) atoms. The number of urea groups is 1. The van der Waals surface area contributed by atoms with Gasteiger partial charge in [-0.2, -0.15) is 0 Å². The van der Waals surface area contributed by atoms with E-state index in [-0.39, 0.29) is 32.1 Å². The van der Waals surface area contributed by atoms with Crippen molar-refractivity contribution in [3.63, 3.8) is 0 Å². The van der Waals surface area contributed by atoms with Crippen LogP contribution in [0.5, 0.6) is 0 Å². The number of aromatic amines is 3. The van der Waals surface area contributed by atoms with Crippen LogP contribution in [-0.4, -0.2) is 104 Å². The minimum atomic E-state index is -1.36. The number of hydrazine groups is 1. The van der Waals surface area contributed by atoms with E-state index in [1.165, 1.54) is 6.33 Å². The smallest absolute Gasteiger partial charge is 0.337 e. The highest BCUT2D eigenvalue weighted by Crippen LogP contribution is 2.21. The highest BCUT2D eigenvalue weighted by Gasteiger charge is 2.33. The van der Waals surface area contributed by atoms with Gasteiger partial charge in [-0.1, -0.05) is 72.7 Å². The first-order valence-corrected chi connectivity index (χ1v) is 21.5. The summed E-state index contributed by atoms with van der Waals surface area (Å²) >= 11 is 0. The Kier molecular flexibility index (Phi) is 16.6. The average molecular weight is 898 g/mol. The molecule has 19 nitrogen and oxygen atoms in total. The maximum absolute atomic E-state index is 14.5. The number of amides is 7. The highest BCUT2D eigenvalue weighted by molar-refractivity contribution is 5.96. The second-order valence-corrected chi connectivity index (χ2v) is 15.8. The molecular formula is C47H55N13O6. The molecule has 3 aromatic heterocycles. The van der Waals surface area contributed by atoms with E-state index in [2.05, 4.69) is 52.5 Å². The molecule has 6 aromatic rings. The second-order valence-electron chi connectivity index (χ2n) is 15.8. The molecule has 0 aliphatic rings. The molecule has 0 unspecified atom stereocenters. The number of H-pyrrole nitrogens is 3. The molecule has 0 aliphatic carbocycles. The number of hydrogen-bond donors (Lipinski definition) is 11.